The molecule has 0 spiro atoms. The van der Waals surface area contributed by atoms with Crippen LogP contribution in [0.1, 0.15) is 30.3 Å². The lowest BCUT2D eigenvalue weighted by atomic mass is 9.97. The van der Waals surface area contributed by atoms with Crippen LogP contribution in [0.4, 0.5) is 16.8 Å². The number of hydrogen-bond acceptors (Lipinski definition) is 8. The second-order valence-electron chi connectivity index (χ2n) is 6.06. The van der Waals surface area contributed by atoms with E-state index in [4.69, 9.17) is 4.98 Å². The molecule has 0 amide bonds. The molecule has 1 saturated heterocycles. The van der Waals surface area contributed by atoms with E-state index in [1.54, 1.807) is 29.9 Å². The van der Waals surface area contributed by atoms with Crippen molar-refractivity contribution in [3.05, 3.63) is 47.8 Å². The number of rotatable bonds is 4. The van der Waals surface area contributed by atoms with Crippen molar-refractivity contribution >= 4 is 28.1 Å². The summed E-state index contributed by atoms with van der Waals surface area (Å²) in [5, 5.41) is 6.05. The van der Waals surface area contributed by atoms with E-state index in [1.165, 1.54) is 0 Å². The molecule has 0 saturated carbocycles. The third kappa shape index (κ3) is 3.74. The molecule has 25 heavy (non-hydrogen) atoms. The Morgan fingerprint density at radius 1 is 1.20 bits per heavy atom. The van der Waals surface area contributed by atoms with Crippen LogP contribution in [0.5, 0.6) is 0 Å². The van der Waals surface area contributed by atoms with Crippen molar-refractivity contribution in [2.45, 2.75) is 25.7 Å². The molecular weight excluding hydrogens is 334 g/mol. The van der Waals surface area contributed by atoms with E-state index in [2.05, 4.69) is 30.2 Å². The highest BCUT2D eigenvalue weighted by Gasteiger charge is 2.25. The number of thiazole rings is 1. The number of piperidine rings is 1. The third-order valence-corrected chi connectivity index (χ3v) is 4.89. The van der Waals surface area contributed by atoms with Gasteiger partial charge in [-0.3, -0.25) is 4.98 Å². The summed E-state index contributed by atoms with van der Waals surface area (Å²) in [6.45, 7) is 3.85. The van der Waals surface area contributed by atoms with Gasteiger partial charge in [-0.1, -0.05) is 0 Å². The molecule has 1 aliphatic rings. The van der Waals surface area contributed by atoms with Gasteiger partial charge in [0.15, 0.2) is 5.13 Å². The molecule has 1 N–H and O–H groups in total. The van der Waals surface area contributed by atoms with Gasteiger partial charge in [-0.2, -0.15) is 0 Å². The average molecular weight is 353 g/mol. The molecule has 7 nitrogen and oxygen atoms in total. The van der Waals surface area contributed by atoms with E-state index in [-0.39, 0.29) is 5.92 Å². The van der Waals surface area contributed by atoms with E-state index < -0.39 is 0 Å². The summed E-state index contributed by atoms with van der Waals surface area (Å²) in [4.78, 5) is 24.5. The van der Waals surface area contributed by atoms with Crippen molar-refractivity contribution in [1.82, 2.24) is 24.9 Å². The van der Waals surface area contributed by atoms with Gasteiger partial charge in [0.05, 0.1) is 6.20 Å². The van der Waals surface area contributed by atoms with Crippen LogP contribution in [0.15, 0.2) is 36.2 Å². The highest BCUT2D eigenvalue weighted by Crippen LogP contribution is 2.28. The van der Waals surface area contributed by atoms with Gasteiger partial charge in [0.25, 0.3) is 0 Å². The SMILES string of the molecule is Cc1cc(Nc2nccs2)nc(C2CCCN(c3cnccn3)C2)n1. The second-order valence-corrected chi connectivity index (χ2v) is 6.96. The molecule has 0 aromatic carbocycles. The maximum atomic E-state index is 4.74. The minimum absolute atomic E-state index is 0.285. The number of nitrogens with one attached hydrogen (secondary N) is 1. The molecule has 0 bridgehead atoms. The summed E-state index contributed by atoms with van der Waals surface area (Å²) in [6.07, 6.45) is 9.20. The molecule has 3 aromatic heterocycles. The minimum Gasteiger partial charge on any atom is -0.355 e. The molecule has 128 valence electrons. The Labute approximate surface area is 150 Å². The standard InChI is InChI=1S/C17H19N7S/c1-12-9-14(23-17-20-6-8-25-17)22-16(21-12)13-3-2-7-24(11-13)15-10-18-4-5-19-15/h4-6,8-10,13H,2-3,7,11H2,1H3,(H,20,21,22,23). The van der Waals surface area contributed by atoms with E-state index in [0.717, 1.165) is 54.2 Å². The topological polar surface area (TPSA) is 79.7 Å². The predicted molar refractivity (Wildman–Crippen MR) is 98.4 cm³/mol. The first-order valence-electron chi connectivity index (χ1n) is 8.31. The van der Waals surface area contributed by atoms with Crippen LogP contribution >= 0.6 is 11.3 Å². The first kappa shape index (κ1) is 15.9. The van der Waals surface area contributed by atoms with Crippen LogP contribution < -0.4 is 10.2 Å². The number of aryl methyl sites for hydroxylation is 1. The van der Waals surface area contributed by atoms with Crippen molar-refractivity contribution in [1.29, 1.82) is 0 Å². The van der Waals surface area contributed by atoms with Crippen molar-refractivity contribution in [3.63, 3.8) is 0 Å². The fraction of sp³-hybridized carbons (Fsp3) is 0.353. The molecule has 3 aromatic rings. The molecule has 1 atom stereocenters. The smallest absolute Gasteiger partial charge is 0.188 e. The molecule has 4 rings (SSSR count). The van der Waals surface area contributed by atoms with Crippen LogP contribution in [0.2, 0.25) is 0 Å². The first-order valence-corrected chi connectivity index (χ1v) is 9.19. The lowest BCUT2D eigenvalue weighted by Crippen LogP contribution is -2.35. The van der Waals surface area contributed by atoms with Crippen LogP contribution in [0, 0.1) is 6.92 Å². The molecule has 0 aliphatic carbocycles. The van der Waals surface area contributed by atoms with Crippen LogP contribution in [-0.4, -0.2) is 38.0 Å². The fourth-order valence-electron chi connectivity index (χ4n) is 3.08. The third-order valence-electron chi connectivity index (χ3n) is 4.20. The quantitative estimate of drug-likeness (QED) is 0.771. The number of anilines is 3. The van der Waals surface area contributed by atoms with E-state index in [1.807, 2.05) is 24.6 Å². The Kier molecular flexibility index (Phi) is 4.51. The fourth-order valence-corrected chi connectivity index (χ4v) is 3.62. The van der Waals surface area contributed by atoms with Crippen molar-refractivity contribution < 1.29 is 0 Å². The molecule has 1 aliphatic heterocycles. The van der Waals surface area contributed by atoms with Crippen LogP contribution in [0.3, 0.4) is 0 Å². The monoisotopic (exact) mass is 353 g/mol. The largest absolute Gasteiger partial charge is 0.355 e. The van der Waals surface area contributed by atoms with Crippen LogP contribution in [-0.2, 0) is 0 Å². The molecular formula is C17H19N7S. The van der Waals surface area contributed by atoms with Gasteiger partial charge < -0.3 is 10.2 Å². The van der Waals surface area contributed by atoms with E-state index >= 15 is 0 Å². The van der Waals surface area contributed by atoms with Gasteiger partial charge in [0.2, 0.25) is 0 Å². The summed E-state index contributed by atoms with van der Waals surface area (Å²) >= 11 is 1.56. The highest BCUT2D eigenvalue weighted by atomic mass is 32.1. The predicted octanol–water partition coefficient (Wildman–Crippen LogP) is 3.16. The van der Waals surface area contributed by atoms with E-state index in [0.29, 0.717) is 0 Å². The summed E-state index contributed by atoms with van der Waals surface area (Å²) in [5.41, 5.74) is 0.959. The Hall–Kier alpha value is -2.61. The lowest BCUT2D eigenvalue weighted by Gasteiger charge is -2.32. The molecule has 1 unspecified atom stereocenters. The number of hydrogen-bond donors (Lipinski definition) is 1. The lowest BCUT2D eigenvalue weighted by molar-refractivity contribution is 0.488. The van der Waals surface area contributed by atoms with Gasteiger partial charge in [-0.15, -0.1) is 11.3 Å². The number of nitrogens with zero attached hydrogens (tertiary/aromatic N) is 6. The highest BCUT2D eigenvalue weighted by molar-refractivity contribution is 7.13. The maximum absolute atomic E-state index is 4.74. The van der Waals surface area contributed by atoms with Gasteiger partial charge in [0, 0.05) is 54.7 Å². The Morgan fingerprint density at radius 2 is 2.16 bits per heavy atom. The van der Waals surface area contributed by atoms with Crippen molar-refractivity contribution in [2.24, 2.45) is 0 Å². The molecule has 4 heterocycles. The van der Waals surface area contributed by atoms with Gasteiger partial charge >= 0.3 is 0 Å². The summed E-state index contributed by atoms with van der Waals surface area (Å²) in [5.74, 6) is 2.88. The normalized spacial score (nSPS) is 17.5. The Bertz CT molecular complexity index is 822. The van der Waals surface area contributed by atoms with Crippen molar-refractivity contribution in [2.75, 3.05) is 23.3 Å². The Morgan fingerprint density at radius 3 is 2.96 bits per heavy atom. The summed E-state index contributed by atoms with van der Waals surface area (Å²) < 4.78 is 0. The van der Waals surface area contributed by atoms with Gasteiger partial charge in [-0.25, -0.2) is 19.9 Å². The molecule has 8 heteroatoms. The maximum Gasteiger partial charge on any atom is 0.188 e. The summed E-state index contributed by atoms with van der Waals surface area (Å²) in [7, 11) is 0. The minimum atomic E-state index is 0.285. The zero-order valence-corrected chi connectivity index (χ0v) is 14.8. The van der Waals surface area contributed by atoms with Gasteiger partial charge in [-0.05, 0) is 19.8 Å². The first-order chi connectivity index (χ1) is 12.3. The zero-order valence-electron chi connectivity index (χ0n) is 14.0. The number of aromatic nitrogens is 5. The van der Waals surface area contributed by atoms with E-state index in [9.17, 15) is 0 Å². The summed E-state index contributed by atoms with van der Waals surface area (Å²) in [6, 6.07) is 1.95. The Balaban J connectivity index is 1.55. The van der Waals surface area contributed by atoms with Crippen LogP contribution in [0.25, 0.3) is 0 Å². The average Bonchev–Trinajstić information content (AvgIpc) is 3.15. The van der Waals surface area contributed by atoms with Gasteiger partial charge in [0.1, 0.15) is 17.5 Å². The molecule has 1 fully saturated rings. The zero-order chi connectivity index (χ0) is 17.1. The van der Waals surface area contributed by atoms with Crippen molar-refractivity contribution in [3.8, 4) is 0 Å². The second kappa shape index (κ2) is 7.10. The molecule has 0 radical (unpaired) electrons.